The van der Waals surface area contributed by atoms with Gasteiger partial charge in [-0.25, -0.2) is 8.78 Å². The van der Waals surface area contributed by atoms with Gasteiger partial charge in [0.2, 0.25) is 0 Å². The summed E-state index contributed by atoms with van der Waals surface area (Å²) < 4.78 is 26.0. The Morgan fingerprint density at radius 2 is 2.12 bits per heavy atom. The number of H-pyrrole nitrogens is 1. The number of hydrogen-bond donors (Lipinski definition) is 2. The van der Waals surface area contributed by atoms with E-state index in [1.807, 2.05) is 7.05 Å². The fourth-order valence-corrected chi connectivity index (χ4v) is 1.67. The Balaban J connectivity index is 2.32. The molecule has 2 rings (SSSR count). The maximum atomic E-state index is 13.1. The van der Waals surface area contributed by atoms with Crippen LogP contribution in [0.15, 0.2) is 24.4 Å². The van der Waals surface area contributed by atoms with Gasteiger partial charge in [-0.1, -0.05) is 6.07 Å². The van der Waals surface area contributed by atoms with Crippen LogP contribution in [0.3, 0.4) is 0 Å². The second kappa shape index (κ2) is 5.05. The summed E-state index contributed by atoms with van der Waals surface area (Å²) in [4.78, 5) is 0. The van der Waals surface area contributed by atoms with Crippen LogP contribution in [0.2, 0.25) is 0 Å². The van der Waals surface area contributed by atoms with Gasteiger partial charge >= 0.3 is 0 Å². The molecule has 0 unspecified atom stereocenters. The van der Waals surface area contributed by atoms with Gasteiger partial charge in [0.05, 0.1) is 6.20 Å². The van der Waals surface area contributed by atoms with Crippen LogP contribution >= 0.6 is 0 Å². The van der Waals surface area contributed by atoms with Crippen molar-refractivity contribution in [2.45, 2.75) is 6.42 Å². The molecule has 5 heteroatoms. The Morgan fingerprint density at radius 1 is 1.29 bits per heavy atom. The fraction of sp³-hybridized carbons (Fsp3) is 0.250. The van der Waals surface area contributed by atoms with Crippen molar-refractivity contribution in [3.63, 3.8) is 0 Å². The molecule has 3 nitrogen and oxygen atoms in total. The van der Waals surface area contributed by atoms with Crippen LogP contribution in [0.1, 0.15) is 5.69 Å². The normalized spacial score (nSPS) is 10.8. The second-order valence-electron chi connectivity index (χ2n) is 3.74. The first-order chi connectivity index (χ1) is 8.22. The Morgan fingerprint density at radius 3 is 2.82 bits per heavy atom. The summed E-state index contributed by atoms with van der Waals surface area (Å²) in [6, 6.07) is 3.86. The van der Waals surface area contributed by atoms with Gasteiger partial charge < -0.3 is 5.32 Å². The topological polar surface area (TPSA) is 40.7 Å². The van der Waals surface area contributed by atoms with Crippen molar-refractivity contribution in [3.05, 3.63) is 41.7 Å². The smallest absolute Gasteiger partial charge is 0.159 e. The average molecular weight is 237 g/mol. The second-order valence-corrected chi connectivity index (χ2v) is 3.74. The van der Waals surface area contributed by atoms with Gasteiger partial charge in [-0.3, -0.25) is 5.10 Å². The summed E-state index contributed by atoms with van der Waals surface area (Å²) in [5, 5.41) is 9.82. The van der Waals surface area contributed by atoms with Crippen molar-refractivity contribution in [2.75, 3.05) is 13.6 Å². The zero-order valence-corrected chi connectivity index (χ0v) is 9.43. The van der Waals surface area contributed by atoms with Crippen LogP contribution < -0.4 is 5.32 Å². The minimum Gasteiger partial charge on any atom is -0.319 e. The third-order valence-corrected chi connectivity index (χ3v) is 2.57. The number of hydrogen-bond acceptors (Lipinski definition) is 2. The molecule has 1 aromatic heterocycles. The Hall–Kier alpha value is -1.75. The number of nitrogens with one attached hydrogen (secondary N) is 2. The van der Waals surface area contributed by atoms with Gasteiger partial charge in [0.25, 0.3) is 0 Å². The molecule has 2 N–H and O–H groups in total. The van der Waals surface area contributed by atoms with Crippen molar-refractivity contribution >= 4 is 0 Å². The predicted octanol–water partition coefficient (Wildman–Crippen LogP) is 2.12. The molecule has 90 valence electrons. The van der Waals surface area contributed by atoms with Crippen molar-refractivity contribution in [3.8, 4) is 11.1 Å². The van der Waals surface area contributed by atoms with E-state index in [0.29, 0.717) is 5.56 Å². The molecule has 0 aliphatic rings. The lowest BCUT2D eigenvalue weighted by molar-refractivity contribution is 0.509. The SMILES string of the molecule is CNCCc1[nH]ncc1-c1ccc(F)c(F)c1. The van der Waals surface area contributed by atoms with E-state index in [1.165, 1.54) is 6.07 Å². The summed E-state index contributed by atoms with van der Waals surface area (Å²) in [6.07, 6.45) is 2.38. The number of likely N-dealkylation sites (N-methyl/N-ethyl adjacent to an activating group) is 1. The van der Waals surface area contributed by atoms with Crippen molar-refractivity contribution < 1.29 is 8.78 Å². The van der Waals surface area contributed by atoms with Gasteiger partial charge in [0, 0.05) is 24.2 Å². The van der Waals surface area contributed by atoms with Crippen molar-refractivity contribution in [2.24, 2.45) is 0 Å². The first-order valence-corrected chi connectivity index (χ1v) is 5.34. The molecule has 0 bridgehead atoms. The summed E-state index contributed by atoms with van der Waals surface area (Å²) in [5.41, 5.74) is 2.34. The van der Waals surface area contributed by atoms with Crippen molar-refractivity contribution in [1.29, 1.82) is 0 Å². The van der Waals surface area contributed by atoms with E-state index in [0.717, 1.165) is 30.3 Å². The van der Waals surface area contributed by atoms with E-state index in [1.54, 1.807) is 12.3 Å². The van der Waals surface area contributed by atoms with Crippen LogP contribution in [0.25, 0.3) is 11.1 Å². The maximum Gasteiger partial charge on any atom is 0.159 e. The van der Waals surface area contributed by atoms with E-state index < -0.39 is 11.6 Å². The zero-order valence-electron chi connectivity index (χ0n) is 9.43. The summed E-state index contributed by atoms with van der Waals surface area (Å²) in [5.74, 6) is -1.68. The predicted molar refractivity (Wildman–Crippen MR) is 61.6 cm³/mol. The Labute approximate surface area is 97.9 Å². The molecular weight excluding hydrogens is 224 g/mol. The Kier molecular flexibility index (Phi) is 3.49. The quantitative estimate of drug-likeness (QED) is 0.855. The zero-order chi connectivity index (χ0) is 12.3. The molecule has 1 aromatic carbocycles. The maximum absolute atomic E-state index is 13.1. The molecule has 0 fully saturated rings. The van der Waals surface area contributed by atoms with Crippen LogP contribution in [-0.2, 0) is 6.42 Å². The van der Waals surface area contributed by atoms with Gasteiger partial charge in [-0.05, 0) is 24.7 Å². The van der Waals surface area contributed by atoms with Crippen LogP contribution in [-0.4, -0.2) is 23.8 Å². The molecule has 1 heterocycles. The molecule has 0 saturated heterocycles. The molecule has 0 spiro atoms. The molecule has 0 radical (unpaired) electrons. The van der Waals surface area contributed by atoms with Crippen LogP contribution in [0.4, 0.5) is 8.78 Å². The highest BCUT2D eigenvalue weighted by molar-refractivity contribution is 5.65. The van der Waals surface area contributed by atoms with E-state index >= 15 is 0 Å². The number of aromatic amines is 1. The first-order valence-electron chi connectivity index (χ1n) is 5.34. The highest BCUT2D eigenvalue weighted by Gasteiger charge is 2.10. The molecule has 0 aliphatic carbocycles. The molecular formula is C12H13F2N3. The van der Waals surface area contributed by atoms with E-state index in [4.69, 9.17) is 0 Å². The molecule has 0 atom stereocenters. The number of rotatable bonds is 4. The minimum atomic E-state index is -0.844. The fourth-order valence-electron chi connectivity index (χ4n) is 1.67. The highest BCUT2D eigenvalue weighted by Crippen LogP contribution is 2.23. The average Bonchev–Trinajstić information content (AvgIpc) is 2.78. The molecule has 0 amide bonds. The summed E-state index contributed by atoms with van der Waals surface area (Å²) >= 11 is 0. The van der Waals surface area contributed by atoms with Crippen LogP contribution in [0, 0.1) is 11.6 Å². The van der Waals surface area contributed by atoms with Gasteiger partial charge in [0.1, 0.15) is 0 Å². The lowest BCUT2D eigenvalue weighted by Crippen LogP contribution is -2.11. The van der Waals surface area contributed by atoms with Crippen LogP contribution in [0.5, 0.6) is 0 Å². The third kappa shape index (κ3) is 2.50. The Bertz CT molecular complexity index is 508. The summed E-state index contributed by atoms with van der Waals surface area (Å²) in [6.45, 7) is 0.791. The van der Waals surface area contributed by atoms with E-state index in [-0.39, 0.29) is 0 Å². The van der Waals surface area contributed by atoms with Crippen molar-refractivity contribution in [1.82, 2.24) is 15.5 Å². The van der Waals surface area contributed by atoms with Gasteiger partial charge in [-0.15, -0.1) is 0 Å². The van der Waals surface area contributed by atoms with Gasteiger partial charge in [-0.2, -0.15) is 5.10 Å². The number of halogens is 2. The standard InChI is InChI=1S/C12H13F2N3/c1-15-5-4-12-9(7-16-17-12)8-2-3-10(13)11(14)6-8/h2-3,6-7,15H,4-5H2,1H3,(H,16,17). The summed E-state index contributed by atoms with van der Waals surface area (Å²) in [7, 11) is 1.85. The lowest BCUT2D eigenvalue weighted by atomic mass is 10.0. The molecule has 17 heavy (non-hydrogen) atoms. The van der Waals surface area contributed by atoms with E-state index in [9.17, 15) is 8.78 Å². The molecule has 0 saturated carbocycles. The largest absolute Gasteiger partial charge is 0.319 e. The minimum absolute atomic E-state index is 0.628. The lowest BCUT2D eigenvalue weighted by Gasteiger charge is -2.03. The monoisotopic (exact) mass is 237 g/mol. The highest BCUT2D eigenvalue weighted by atomic mass is 19.2. The van der Waals surface area contributed by atoms with E-state index in [2.05, 4.69) is 15.5 Å². The molecule has 0 aliphatic heterocycles. The number of benzene rings is 1. The molecule has 2 aromatic rings. The number of nitrogens with zero attached hydrogens (tertiary/aromatic N) is 1. The first kappa shape index (κ1) is 11.7. The van der Waals surface area contributed by atoms with Gasteiger partial charge in [0.15, 0.2) is 11.6 Å². The number of aromatic nitrogens is 2. The third-order valence-electron chi connectivity index (χ3n) is 2.57.